The summed E-state index contributed by atoms with van der Waals surface area (Å²) in [6.45, 7) is -0.390. The highest BCUT2D eigenvalue weighted by Crippen LogP contribution is 2.29. The Morgan fingerprint density at radius 1 is 1.57 bits per heavy atom. The van der Waals surface area contributed by atoms with Gasteiger partial charge in [0.05, 0.1) is 12.2 Å². The first-order valence-electron chi connectivity index (χ1n) is 3.73. The van der Waals surface area contributed by atoms with E-state index in [0.29, 0.717) is 10.9 Å². The van der Waals surface area contributed by atoms with Crippen molar-refractivity contribution in [2.24, 2.45) is 0 Å². The lowest BCUT2D eigenvalue weighted by Crippen LogP contribution is -2.04. The highest BCUT2D eigenvalue weighted by atomic mass is 127. The van der Waals surface area contributed by atoms with Gasteiger partial charge >= 0.3 is 0 Å². The first-order chi connectivity index (χ1) is 6.61. The fraction of sp³-hybridized carbons (Fsp3) is 0.375. The van der Waals surface area contributed by atoms with E-state index in [1.807, 2.05) is 0 Å². The Morgan fingerprint density at radius 2 is 2.21 bits per heavy atom. The van der Waals surface area contributed by atoms with Crippen LogP contribution in [0.15, 0.2) is 6.20 Å². The summed E-state index contributed by atoms with van der Waals surface area (Å²) in [5, 5.41) is 9.43. The summed E-state index contributed by atoms with van der Waals surface area (Å²) in [6, 6.07) is 0. The Kier molecular flexibility index (Phi) is 4.65. The molecule has 1 heterocycles. The topological polar surface area (TPSA) is 33.1 Å². The van der Waals surface area contributed by atoms with E-state index in [1.54, 1.807) is 22.6 Å². The standard InChI is InChI=1S/C8H7BrF2INO/c9-1-4-2-13-8(12)6(7(10)11)5(4)3-14/h2,7,14H,1,3H2. The van der Waals surface area contributed by atoms with Crippen molar-refractivity contribution in [3.8, 4) is 0 Å². The lowest BCUT2D eigenvalue weighted by atomic mass is 10.1. The molecule has 0 saturated carbocycles. The average Bonchev–Trinajstić information content (AvgIpc) is 2.16. The van der Waals surface area contributed by atoms with Gasteiger partial charge in [-0.15, -0.1) is 0 Å². The van der Waals surface area contributed by atoms with Crippen molar-refractivity contribution >= 4 is 38.5 Å². The van der Waals surface area contributed by atoms with Crippen LogP contribution < -0.4 is 0 Å². The van der Waals surface area contributed by atoms with E-state index in [0.717, 1.165) is 0 Å². The first-order valence-corrected chi connectivity index (χ1v) is 5.93. The minimum absolute atomic E-state index is 0.162. The third kappa shape index (κ3) is 2.40. The second kappa shape index (κ2) is 5.32. The van der Waals surface area contributed by atoms with Gasteiger partial charge in [-0.05, 0) is 33.7 Å². The van der Waals surface area contributed by atoms with Crippen LogP contribution in [0.5, 0.6) is 0 Å². The molecule has 0 aliphatic rings. The molecule has 0 aliphatic carbocycles. The van der Waals surface area contributed by atoms with Gasteiger partial charge in [-0.1, -0.05) is 15.9 Å². The van der Waals surface area contributed by atoms with Crippen molar-refractivity contribution in [1.82, 2.24) is 4.98 Å². The molecule has 0 unspecified atom stereocenters. The summed E-state index contributed by atoms with van der Waals surface area (Å²) in [7, 11) is 0. The lowest BCUT2D eigenvalue weighted by Gasteiger charge is -2.11. The number of nitrogens with zero attached hydrogens (tertiary/aromatic N) is 1. The zero-order chi connectivity index (χ0) is 10.7. The smallest absolute Gasteiger partial charge is 0.266 e. The molecule has 0 fully saturated rings. The molecule has 78 valence electrons. The van der Waals surface area contributed by atoms with Gasteiger partial charge in [0.2, 0.25) is 0 Å². The quantitative estimate of drug-likeness (QED) is 0.499. The van der Waals surface area contributed by atoms with Crippen LogP contribution in [0.3, 0.4) is 0 Å². The SMILES string of the molecule is OCc1c(CBr)cnc(I)c1C(F)F. The van der Waals surface area contributed by atoms with Crippen molar-refractivity contribution in [2.45, 2.75) is 18.4 Å². The summed E-state index contributed by atoms with van der Waals surface area (Å²) in [4.78, 5) is 3.85. The number of aromatic nitrogens is 1. The first kappa shape index (κ1) is 12.3. The third-order valence-corrected chi connectivity index (χ3v) is 3.25. The normalized spacial score (nSPS) is 11.0. The fourth-order valence-electron chi connectivity index (χ4n) is 1.10. The van der Waals surface area contributed by atoms with Gasteiger partial charge in [0, 0.05) is 11.5 Å². The van der Waals surface area contributed by atoms with Gasteiger partial charge in [0.1, 0.15) is 3.70 Å². The molecule has 0 aromatic carbocycles. The van der Waals surface area contributed by atoms with Crippen molar-refractivity contribution in [3.63, 3.8) is 0 Å². The number of pyridine rings is 1. The molecule has 1 aromatic rings. The van der Waals surface area contributed by atoms with Crippen LogP contribution in [0, 0.1) is 3.70 Å². The van der Waals surface area contributed by atoms with E-state index < -0.39 is 6.43 Å². The molecule has 0 radical (unpaired) electrons. The second-order valence-electron chi connectivity index (χ2n) is 2.56. The summed E-state index contributed by atoms with van der Waals surface area (Å²) in [5.74, 6) is 0. The maximum absolute atomic E-state index is 12.6. The van der Waals surface area contributed by atoms with Crippen molar-refractivity contribution in [1.29, 1.82) is 0 Å². The van der Waals surface area contributed by atoms with Gasteiger partial charge in [-0.25, -0.2) is 13.8 Å². The summed E-state index contributed by atoms with van der Waals surface area (Å²) in [5.41, 5.74) is 0.713. The highest BCUT2D eigenvalue weighted by Gasteiger charge is 2.19. The van der Waals surface area contributed by atoms with Gasteiger partial charge in [0.15, 0.2) is 0 Å². The molecule has 0 amide bonds. The Morgan fingerprint density at radius 3 is 2.64 bits per heavy atom. The molecular weight excluding hydrogens is 371 g/mol. The van der Waals surface area contributed by atoms with Crippen LogP contribution in [-0.4, -0.2) is 10.1 Å². The molecule has 1 rings (SSSR count). The van der Waals surface area contributed by atoms with Crippen LogP contribution in [-0.2, 0) is 11.9 Å². The largest absolute Gasteiger partial charge is 0.392 e. The molecule has 0 spiro atoms. The van der Waals surface area contributed by atoms with Crippen molar-refractivity contribution in [3.05, 3.63) is 26.6 Å². The van der Waals surface area contributed by atoms with Gasteiger partial charge in [0.25, 0.3) is 6.43 Å². The number of rotatable bonds is 3. The van der Waals surface area contributed by atoms with Crippen LogP contribution in [0.4, 0.5) is 8.78 Å². The van der Waals surface area contributed by atoms with Crippen LogP contribution >= 0.6 is 38.5 Å². The van der Waals surface area contributed by atoms with Crippen molar-refractivity contribution < 1.29 is 13.9 Å². The Labute approximate surface area is 102 Å². The molecular formula is C8H7BrF2INO. The molecule has 0 bridgehead atoms. The van der Waals surface area contributed by atoms with E-state index in [4.69, 9.17) is 5.11 Å². The third-order valence-electron chi connectivity index (χ3n) is 1.79. The predicted molar refractivity (Wildman–Crippen MR) is 60.5 cm³/mol. The van der Waals surface area contributed by atoms with E-state index in [-0.39, 0.29) is 21.4 Å². The van der Waals surface area contributed by atoms with E-state index in [2.05, 4.69) is 20.9 Å². The minimum atomic E-state index is -2.60. The summed E-state index contributed by atoms with van der Waals surface area (Å²) < 4.78 is 25.5. The number of halogens is 4. The molecule has 1 N–H and O–H groups in total. The Bertz CT molecular complexity index is 335. The predicted octanol–water partition coefficient (Wildman–Crippen LogP) is 3.01. The van der Waals surface area contributed by atoms with Gasteiger partial charge in [-0.2, -0.15) is 0 Å². The van der Waals surface area contributed by atoms with E-state index in [1.165, 1.54) is 6.20 Å². The maximum atomic E-state index is 12.6. The zero-order valence-corrected chi connectivity index (χ0v) is 10.7. The molecule has 0 atom stereocenters. The minimum Gasteiger partial charge on any atom is -0.392 e. The van der Waals surface area contributed by atoms with E-state index >= 15 is 0 Å². The molecule has 14 heavy (non-hydrogen) atoms. The summed E-state index contributed by atoms with van der Waals surface area (Å²) in [6.07, 6.45) is -1.11. The summed E-state index contributed by atoms with van der Waals surface area (Å²) >= 11 is 4.90. The number of hydrogen-bond donors (Lipinski definition) is 1. The van der Waals surface area contributed by atoms with Gasteiger partial charge in [-0.3, -0.25) is 0 Å². The molecule has 2 nitrogen and oxygen atoms in total. The van der Waals surface area contributed by atoms with Crippen LogP contribution in [0.2, 0.25) is 0 Å². The molecule has 0 aliphatic heterocycles. The highest BCUT2D eigenvalue weighted by molar-refractivity contribution is 14.1. The Balaban J connectivity index is 3.35. The monoisotopic (exact) mass is 377 g/mol. The van der Waals surface area contributed by atoms with Gasteiger partial charge < -0.3 is 5.11 Å². The van der Waals surface area contributed by atoms with E-state index in [9.17, 15) is 8.78 Å². The lowest BCUT2D eigenvalue weighted by molar-refractivity contribution is 0.145. The molecule has 6 heteroatoms. The van der Waals surface area contributed by atoms with Crippen LogP contribution in [0.25, 0.3) is 0 Å². The molecule has 0 saturated heterocycles. The maximum Gasteiger partial charge on any atom is 0.266 e. The second-order valence-corrected chi connectivity index (χ2v) is 4.14. The number of hydrogen-bond acceptors (Lipinski definition) is 2. The zero-order valence-electron chi connectivity index (χ0n) is 6.98. The fourth-order valence-corrected chi connectivity index (χ4v) is 2.29. The Hall–Kier alpha value is 0.180. The molecule has 1 aromatic heterocycles. The number of aliphatic hydroxyl groups excluding tert-OH is 1. The number of aliphatic hydroxyl groups is 1. The number of alkyl halides is 3. The average molecular weight is 378 g/mol. The van der Waals surface area contributed by atoms with Crippen molar-refractivity contribution in [2.75, 3.05) is 0 Å². The van der Waals surface area contributed by atoms with Crippen LogP contribution in [0.1, 0.15) is 23.1 Å².